The highest BCUT2D eigenvalue weighted by molar-refractivity contribution is 9.10. The molecule has 0 aromatic heterocycles. The molecular weight excluding hydrogens is 895 g/mol. The molecule has 2 spiro atoms. The molecule has 4 aliphatic rings. The lowest BCUT2D eigenvalue weighted by molar-refractivity contribution is 0.426. The summed E-state index contributed by atoms with van der Waals surface area (Å²) in [5, 5.41) is 17.2. The third-order valence-corrected chi connectivity index (χ3v) is 15.2. The van der Waals surface area contributed by atoms with E-state index in [2.05, 4.69) is 210 Å². The van der Waals surface area contributed by atoms with Gasteiger partial charge in [0.2, 0.25) is 0 Å². The summed E-state index contributed by atoms with van der Waals surface area (Å²) in [4.78, 5) is 0. The molecule has 6 heteroatoms. The number of halogens is 1. The summed E-state index contributed by atoms with van der Waals surface area (Å²) < 4.78 is 0.952. The third kappa shape index (κ3) is 6.01. The van der Waals surface area contributed by atoms with Gasteiger partial charge in [-0.25, -0.2) is 0 Å². The number of hydrogen-bond donors (Lipinski definition) is 4. The van der Waals surface area contributed by atoms with Gasteiger partial charge in [-0.3, -0.25) is 0 Å². The van der Waals surface area contributed by atoms with Crippen molar-refractivity contribution in [2.75, 3.05) is 11.5 Å². The van der Waals surface area contributed by atoms with Crippen molar-refractivity contribution in [2.45, 2.75) is 10.8 Å². The number of benzene rings is 10. The first-order chi connectivity index (χ1) is 33.3. The van der Waals surface area contributed by atoms with Crippen molar-refractivity contribution >= 4 is 39.9 Å². The van der Waals surface area contributed by atoms with Gasteiger partial charge in [-0.1, -0.05) is 206 Å². The van der Waals surface area contributed by atoms with Crippen molar-refractivity contribution in [2.24, 2.45) is 0 Å². The Balaban J connectivity index is 0.000000121. The van der Waals surface area contributed by atoms with E-state index in [1.807, 2.05) is 12.1 Å². The fourth-order valence-electron chi connectivity index (χ4n) is 11.8. The van der Waals surface area contributed by atoms with Gasteiger partial charge in [-0.2, -0.15) is 0 Å². The predicted molar refractivity (Wildman–Crippen MR) is 284 cm³/mol. The number of anilines is 2. The third-order valence-electron chi connectivity index (χ3n) is 14.5. The molecule has 4 aliphatic carbocycles. The Morgan fingerprint density at radius 3 is 0.985 bits per heavy atom. The zero-order valence-electron chi connectivity index (χ0n) is 36.9. The molecule has 6 N–H and O–H groups in total. The molecule has 10 aromatic rings. The highest BCUT2D eigenvalue weighted by Gasteiger charge is 2.53. The first-order valence-corrected chi connectivity index (χ1v) is 23.7. The molecule has 0 unspecified atom stereocenters. The quantitative estimate of drug-likeness (QED) is 0.103. The normalized spacial score (nSPS) is 13.6. The van der Waals surface area contributed by atoms with Crippen LogP contribution in [0.5, 0.6) is 0 Å². The molecule has 4 nitrogen and oxygen atoms in total. The molecule has 0 saturated carbocycles. The second kappa shape index (κ2) is 16.3. The molecule has 0 bridgehead atoms. The Kier molecular flexibility index (Phi) is 9.96. The minimum atomic E-state index is -1.34. The van der Waals surface area contributed by atoms with Gasteiger partial charge in [0.05, 0.1) is 10.8 Å². The van der Waals surface area contributed by atoms with E-state index < -0.39 is 7.12 Å². The summed E-state index contributed by atoms with van der Waals surface area (Å²) >= 11 is 3.64. The number of nitrogen functional groups attached to an aromatic ring is 2. The molecule has 0 atom stereocenters. The smallest absolute Gasteiger partial charge is 0.423 e. The van der Waals surface area contributed by atoms with Gasteiger partial charge >= 0.3 is 7.12 Å². The van der Waals surface area contributed by atoms with Gasteiger partial charge in [0.25, 0.3) is 0 Å². The Bertz CT molecular complexity index is 3520. The van der Waals surface area contributed by atoms with Crippen LogP contribution in [0.3, 0.4) is 0 Å². The average molecular weight is 940 g/mol. The summed E-state index contributed by atoms with van der Waals surface area (Å²) in [7, 11) is -1.34. The van der Waals surface area contributed by atoms with Gasteiger partial charge in [0, 0.05) is 21.4 Å². The molecule has 0 aliphatic heterocycles. The van der Waals surface area contributed by atoms with Crippen molar-refractivity contribution in [3.63, 3.8) is 0 Å². The van der Waals surface area contributed by atoms with E-state index >= 15 is 0 Å². The van der Waals surface area contributed by atoms with E-state index in [-0.39, 0.29) is 10.8 Å². The van der Waals surface area contributed by atoms with Gasteiger partial charge < -0.3 is 21.5 Å². The maximum Gasteiger partial charge on any atom is 0.488 e. The Hall–Kier alpha value is -7.74. The fourth-order valence-corrected chi connectivity index (χ4v) is 12.1. The highest BCUT2D eigenvalue weighted by atomic mass is 79.9. The summed E-state index contributed by atoms with van der Waals surface area (Å²) in [6.45, 7) is 0. The monoisotopic (exact) mass is 938 g/mol. The van der Waals surface area contributed by atoms with Crippen molar-refractivity contribution < 1.29 is 10.0 Å². The topological polar surface area (TPSA) is 92.5 Å². The van der Waals surface area contributed by atoms with Crippen LogP contribution in [0.2, 0.25) is 0 Å². The van der Waals surface area contributed by atoms with Crippen LogP contribution in [0.15, 0.2) is 235 Å². The van der Waals surface area contributed by atoms with Crippen LogP contribution in [-0.2, 0) is 10.8 Å². The van der Waals surface area contributed by atoms with Crippen molar-refractivity contribution in [1.29, 1.82) is 0 Å². The fraction of sp³-hybridized carbons (Fsp3) is 0.0323. The lowest BCUT2D eigenvalue weighted by atomic mass is 9.70. The number of fused-ring (bicyclic) bond motifs is 20. The largest absolute Gasteiger partial charge is 0.488 e. The minimum Gasteiger partial charge on any atom is -0.423 e. The van der Waals surface area contributed by atoms with E-state index in [9.17, 15) is 0 Å². The van der Waals surface area contributed by atoms with Crippen LogP contribution in [0, 0.1) is 0 Å². The van der Waals surface area contributed by atoms with E-state index in [1.165, 1.54) is 89.0 Å². The van der Waals surface area contributed by atoms with E-state index in [4.69, 9.17) is 21.5 Å². The molecule has 0 amide bonds. The van der Waals surface area contributed by atoms with Crippen LogP contribution < -0.4 is 16.9 Å². The summed E-state index contributed by atoms with van der Waals surface area (Å²) in [6, 6.07) is 80.9. The van der Waals surface area contributed by atoms with Crippen molar-refractivity contribution in [3.8, 4) is 55.6 Å². The van der Waals surface area contributed by atoms with E-state index in [0.29, 0.717) is 5.46 Å². The van der Waals surface area contributed by atoms with Crippen LogP contribution in [0.4, 0.5) is 11.4 Å². The molecule has 10 aromatic carbocycles. The molecule has 0 heterocycles. The second-order valence-corrected chi connectivity index (χ2v) is 18.7. The van der Waals surface area contributed by atoms with Gasteiger partial charge in [0.15, 0.2) is 0 Å². The van der Waals surface area contributed by atoms with E-state index in [0.717, 1.165) is 27.0 Å². The van der Waals surface area contributed by atoms with E-state index in [1.54, 1.807) is 24.3 Å². The molecular formula is C62H44BBrN2O2. The number of rotatable bonds is 2. The first-order valence-electron chi connectivity index (χ1n) is 22.9. The Morgan fingerprint density at radius 2 is 0.618 bits per heavy atom. The maximum atomic E-state index is 8.58. The zero-order chi connectivity index (χ0) is 46.1. The molecule has 0 fully saturated rings. The van der Waals surface area contributed by atoms with Crippen LogP contribution >= 0.6 is 15.9 Å². The molecule has 68 heavy (non-hydrogen) atoms. The lowest BCUT2D eigenvalue weighted by Crippen LogP contribution is -2.29. The highest BCUT2D eigenvalue weighted by Crippen LogP contribution is 2.65. The van der Waals surface area contributed by atoms with Crippen LogP contribution in [0.1, 0.15) is 44.5 Å². The molecule has 0 radical (unpaired) electrons. The SMILES string of the molecule is Nc1cc2c(cc1-c1ccccc1)-c1ccccc1C21c2ccccc2-c2ccccc21.Nc1cc2c(cc1Br)-c1ccccc1C21c2ccccc2-c2ccccc21.OB(O)c1ccccc1. The lowest BCUT2D eigenvalue weighted by Gasteiger charge is -2.30. The summed E-state index contributed by atoms with van der Waals surface area (Å²) in [5.74, 6) is 0. The standard InChI is InChI=1S/C31H21N.C25H16BrN.C6H7BO2/c32-30-19-29-25(18-24(30)20-10-2-1-3-11-20)23-14-6-9-17-28(23)31(29)26-15-7-4-12-21(26)22-13-5-8-16-27(22)31;26-23-13-18-17-9-3-6-12-21(17)25(22(18)14-24(23)27)19-10-4-1-7-15(19)16-8-2-5-11-20(16)25;8-7(9)6-4-2-1-3-5-6/h1-19H,32H2;1-14H,27H2;1-5,8-9H. The molecule has 324 valence electrons. The number of nitrogens with two attached hydrogens (primary N) is 2. The van der Waals surface area contributed by atoms with Crippen molar-refractivity contribution in [1.82, 2.24) is 0 Å². The van der Waals surface area contributed by atoms with Crippen LogP contribution in [-0.4, -0.2) is 17.2 Å². The zero-order valence-corrected chi connectivity index (χ0v) is 38.5. The summed E-state index contributed by atoms with van der Waals surface area (Å²) in [6.07, 6.45) is 0. The van der Waals surface area contributed by atoms with Gasteiger partial charge in [-0.15, -0.1) is 0 Å². The van der Waals surface area contributed by atoms with Gasteiger partial charge in [0.1, 0.15) is 0 Å². The average Bonchev–Trinajstić information content (AvgIpc) is 4.06. The van der Waals surface area contributed by atoms with Gasteiger partial charge in [-0.05, 0) is 140 Å². The second-order valence-electron chi connectivity index (χ2n) is 17.8. The Morgan fingerprint density at radius 1 is 0.309 bits per heavy atom. The van der Waals surface area contributed by atoms with Crippen molar-refractivity contribution in [3.05, 3.63) is 280 Å². The molecule has 0 saturated heterocycles. The Labute approximate surface area is 405 Å². The first kappa shape index (κ1) is 41.7. The minimum absolute atomic E-state index is 0.298. The van der Waals surface area contributed by atoms with Crippen LogP contribution in [0.25, 0.3) is 55.6 Å². The molecule has 14 rings (SSSR count). The number of hydrogen-bond acceptors (Lipinski definition) is 4. The maximum absolute atomic E-state index is 8.58. The summed E-state index contributed by atoms with van der Waals surface area (Å²) in [5.41, 5.74) is 37.9. The predicted octanol–water partition coefficient (Wildman–Crippen LogP) is 13.0.